The molecule has 0 spiro atoms. The number of hydrogen-bond acceptors (Lipinski definition) is 5. The molecular formula is C13H23NO3S. The molecule has 0 radical (unpaired) electrons. The summed E-state index contributed by atoms with van der Waals surface area (Å²) in [6.45, 7) is 2.22. The summed E-state index contributed by atoms with van der Waals surface area (Å²) in [5, 5.41) is 13.3. The fourth-order valence-electron chi connectivity index (χ4n) is 2.68. The summed E-state index contributed by atoms with van der Waals surface area (Å²) < 4.78 is 4.99. The molecule has 3 unspecified atom stereocenters. The van der Waals surface area contributed by atoms with E-state index in [0.29, 0.717) is 11.3 Å². The summed E-state index contributed by atoms with van der Waals surface area (Å²) in [5.74, 6) is -0.117. The van der Waals surface area contributed by atoms with E-state index in [0.717, 1.165) is 19.3 Å². The number of aliphatic hydroxyl groups is 1. The molecule has 2 aliphatic carbocycles. The highest BCUT2D eigenvalue weighted by atomic mass is 32.2. The lowest BCUT2D eigenvalue weighted by Crippen LogP contribution is -2.52. The topological polar surface area (TPSA) is 58.6 Å². The molecule has 0 aromatic heterocycles. The van der Waals surface area contributed by atoms with E-state index in [1.54, 1.807) is 11.8 Å². The molecule has 104 valence electrons. The maximum Gasteiger partial charge on any atom is 0.326 e. The number of esters is 1. The average molecular weight is 273 g/mol. The molecule has 18 heavy (non-hydrogen) atoms. The van der Waals surface area contributed by atoms with Crippen LogP contribution in [0.4, 0.5) is 0 Å². The normalized spacial score (nSPS) is 33.4. The van der Waals surface area contributed by atoms with Gasteiger partial charge in [0.05, 0.1) is 13.7 Å². The van der Waals surface area contributed by atoms with Gasteiger partial charge in [0.1, 0.15) is 5.54 Å². The molecule has 2 N–H and O–H groups in total. The molecule has 0 aliphatic heterocycles. The quantitative estimate of drug-likeness (QED) is 0.715. The Bertz CT molecular complexity index is 309. The van der Waals surface area contributed by atoms with E-state index in [9.17, 15) is 4.79 Å². The molecule has 2 rings (SSSR count). The highest BCUT2D eigenvalue weighted by Gasteiger charge is 2.49. The highest BCUT2D eigenvalue weighted by Crippen LogP contribution is 2.41. The lowest BCUT2D eigenvalue weighted by molar-refractivity contribution is -0.148. The van der Waals surface area contributed by atoms with Crippen molar-refractivity contribution in [3.63, 3.8) is 0 Å². The van der Waals surface area contributed by atoms with Gasteiger partial charge in [0, 0.05) is 16.5 Å². The number of carbonyl (C=O) groups is 1. The standard InChI is InChI=1S/C13H23NO3S/c1-9(8-15)18-11-5-6-13(7-11,12(16)17-2)14-10-3-4-10/h9-11,14-15H,3-8H2,1-2H3. The second kappa shape index (κ2) is 5.80. The van der Waals surface area contributed by atoms with Crippen LogP contribution in [0.2, 0.25) is 0 Å². The van der Waals surface area contributed by atoms with Crippen LogP contribution in [-0.4, -0.2) is 46.9 Å². The highest BCUT2D eigenvalue weighted by molar-refractivity contribution is 8.00. The molecular weight excluding hydrogens is 250 g/mol. The SMILES string of the molecule is COC(=O)C1(NC2CC2)CCC(SC(C)CO)C1. The number of aliphatic hydroxyl groups excluding tert-OH is 1. The Balaban J connectivity index is 1.96. The number of carbonyl (C=O) groups excluding carboxylic acids is 1. The summed E-state index contributed by atoms with van der Waals surface area (Å²) >= 11 is 1.79. The largest absolute Gasteiger partial charge is 0.468 e. The minimum Gasteiger partial charge on any atom is -0.468 e. The smallest absolute Gasteiger partial charge is 0.326 e. The van der Waals surface area contributed by atoms with E-state index >= 15 is 0 Å². The Hall–Kier alpha value is -0.260. The number of thioether (sulfide) groups is 1. The third-order valence-corrected chi connectivity index (χ3v) is 5.19. The Morgan fingerprint density at radius 2 is 2.28 bits per heavy atom. The van der Waals surface area contributed by atoms with Crippen molar-refractivity contribution >= 4 is 17.7 Å². The van der Waals surface area contributed by atoms with Gasteiger partial charge < -0.3 is 9.84 Å². The molecule has 0 aromatic carbocycles. The van der Waals surface area contributed by atoms with Crippen LogP contribution in [0.1, 0.15) is 39.0 Å². The fourth-order valence-corrected chi connectivity index (χ4v) is 4.05. The van der Waals surface area contributed by atoms with Gasteiger partial charge >= 0.3 is 5.97 Å². The van der Waals surface area contributed by atoms with Crippen LogP contribution < -0.4 is 5.32 Å². The second-order valence-electron chi connectivity index (χ2n) is 5.49. The van der Waals surface area contributed by atoms with Gasteiger partial charge in [0.2, 0.25) is 0 Å². The molecule has 3 atom stereocenters. The predicted molar refractivity (Wildman–Crippen MR) is 72.7 cm³/mol. The van der Waals surface area contributed by atoms with Crippen molar-refractivity contribution in [2.45, 2.75) is 61.1 Å². The Morgan fingerprint density at radius 3 is 2.83 bits per heavy atom. The second-order valence-corrected chi connectivity index (χ2v) is 7.23. The van der Waals surface area contributed by atoms with Crippen molar-refractivity contribution < 1.29 is 14.6 Å². The zero-order valence-electron chi connectivity index (χ0n) is 11.1. The Morgan fingerprint density at radius 1 is 1.56 bits per heavy atom. The van der Waals surface area contributed by atoms with E-state index < -0.39 is 5.54 Å². The third kappa shape index (κ3) is 3.19. The molecule has 2 fully saturated rings. The first kappa shape index (κ1) is 14.2. The molecule has 0 saturated heterocycles. The molecule has 0 heterocycles. The van der Waals surface area contributed by atoms with Gasteiger partial charge in [-0.1, -0.05) is 6.92 Å². The molecule has 0 aromatic rings. The fraction of sp³-hybridized carbons (Fsp3) is 0.923. The maximum atomic E-state index is 12.1. The van der Waals surface area contributed by atoms with Crippen molar-refractivity contribution in [2.24, 2.45) is 0 Å². The third-order valence-electron chi connectivity index (χ3n) is 3.78. The molecule has 4 nitrogen and oxygen atoms in total. The van der Waals surface area contributed by atoms with Crippen molar-refractivity contribution in [1.82, 2.24) is 5.32 Å². The minimum atomic E-state index is -0.469. The Labute approximate surface area is 113 Å². The van der Waals surface area contributed by atoms with Crippen molar-refractivity contribution in [3.05, 3.63) is 0 Å². The van der Waals surface area contributed by atoms with Crippen LogP contribution in [0, 0.1) is 0 Å². The Kier molecular flexibility index (Phi) is 4.56. The first-order chi connectivity index (χ1) is 8.59. The van der Waals surface area contributed by atoms with Crippen LogP contribution in [0.25, 0.3) is 0 Å². The number of hydrogen-bond donors (Lipinski definition) is 2. The monoisotopic (exact) mass is 273 g/mol. The summed E-state index contributed by atoms with van der Waals surface area (Å²) in [7, 11) is 1.47. The van der Waals surface area contributed by atoms with E-state index in [-0.39, 0.29) is 17.8 Å². The summed E-state index contributed by atoms with van der Waals surface area (Å²) in [6, 6.07) is 0.503. The van der Waals surface area contributed by atoms with Gasteiger partial charge in [0.25, 0.3) is 0 Å². The number of ether oxygens (including phenoxy) is 1. The first-order valence-corrected chi connectivity index (χ1v) is 7.66. The zero-order chi connectivity index (χ0) is 13.2. The number of nitrogens with one attached hydrogen (secondary N) is 1. The van der Waals surface area contributed by atoms with Gasteiger partial charge in [-0.2, -0.15) is 11.8 Å². The van der Waals surface area contributed by atoms with E-state index in [2.05, 4.69) is 5.32 Å². The number of rotatable bonds is 6. The summed E-state index contributed by atoms with van der Waals surface area (Å²) in [5.41, 5.74) is -0.469. The van der Waals surface area contributed by atoms with Crippen LogP contribution in [0.15, 0.2) is 0 Å². The van der Waals surface area contributed by atoms with E-state index in [4.69, 9.17) is 9.84 Å². The van der Waals surface area contributed by atoms with Crippen LogP contribution in [0.5, 0.6) is 0 Å². The summed E-state index contributed by atoms with van der Waals surface area (Å²) in [4.78, 5) is 12.1. The molecule has 2 saturated carbocycles. The predicted octanol–water partition coefficient (Wildman–Crippen LogP) is 1.32. The van der Waals surface area contributed by atoms with Gasteiger partial charge in [0.15, 0.2) is 0 Å². The van der Waals surface area contributed by atoms with Gasteiger partial charge in [-0.25, -0.2) is 0 Å². The van der Waals surface area contributed by atoms with Crippen LogP contribution >= 0.6 is 11.8 Å². The first-order valence-electron chi connectivity index (χ1n) is 6.72. The molecule has 0 bridgehead atoms. The number of methoxy groups -OCH3 is 1. The van der Waals surface area contributed by atoms with Crippen molar-refractivity contribution in [2.75, 3.05) is 13.7 Å². The van der Waals surface area contributed by atoms with Crippen LogP contribution in [-0.2, 0) is 9.53 Å². The lowest BCUT2D eigenvalue weighted by Gasteiger charge is -2.28. The van der Waals surface area contributed by atoms with E-state index in [1.165, 1.54) is 20.0 Å². The molecule has 0 amide bonds. The van der Waals surface area contributed by atoms with Crippen molar-refractivity contribution in [3.8, 4) is 0 Å². The minimum absolute atomic E-state index is 0.117. The van der Waals surface area contributed by atoms with Crippen molar-refractivity contribution in [1.29, 1.82) is 0 Å². The zero-order valence-corrected chi connectivity index (χ0v) is 12.0. The average Bonchev–Trinajstić information content (AvgIpc) is 3.09. The van der Waals surface area contributed by atoms with Crippen LogP contribution in [0.3, 0.4) is 0 Å². The molecule has 2 aliphatic rings. The van der Waals surface area contributed by atoms with E-state index in [1.807, 2.05) is 6.92 Å². The molecule has 5 heteroatoms. The lowest BCUT2D eigenvalue weighted by atomic mass is 9.97. The van der Waals surface area contributed by atoms with Gasteiger partial charge in [-0.15, -0.1) is 0 Å². The van der Waals surface area contributed by atoms with Gasteiger partial charge in [-0.05, 0) is 32.1 Å². The summed E-state index contributed by atoms with van der Waals surface area (Å²) in [6.07, 6.45) is 5.04. The van der Waals surface area contributed by atoms with Gasteiger partial charge in [-0.3, -0.25) is 10.1 Å². The maximum absolute atomic E-state index is 12.1.